The fourth-order valence-electron chi connectivity index (χ4n) is 1.18. The van der Waals surface area contributed by atoms with Crippen molar-refractivity contribution in [2.24, 2.45) is 0 Å². The lowest BCUT2D eigenvalue weighted by molar-refractivity contribution is -0.135. The summed E-state index contributed by atoms with van der Waals surface area (Å²) in [6.07, 6.45) is 0. The molecule has 0 amide bonds. The van der Waals surface area contributed by atoms with Crippen molar-refractivity contribution in [2.75, 3.05) is 11.4 Å². The van der Waals surface area contributed by atoms with Gasteiger partial charge in [-0.3, -0.25) is 4.79 Å². The molecule has 1 N–H and O–H groups in total. The van der Waals surface area contributed by atoms with Gasteiger partial charge in [0.05, 0.1) is 0 Å². The van der Waals surface area contributed by atoms with Crippen molar-refractivity contribution in [3.63, 3.8) is 0 Å². The van der Waals surface area contributed by atoms with Crippen molar-refractivity contribution >= 4 is 35.1 Å². The minimum atomic E-state index is -0.993. The van der Waals surface area contributed by atoms with Gasteiger partial charge in [-0.25, -0.2) is 0 Å². The van der Waals surface area contributed by atoms with E-state index >= 15 is 0 Å². The van der Waals surface area contributed by atoms with Crippen molar-refractivity contribution in [2.45, 2.75) is 26.3 Å². The lowest BCUT2D eigenvalue weighted by Crippen LogP contribution is -2.45. The molecule has 8 heteroatoms. The SMILES string of the molecule is CC(C)(C)N(CC(=O)O)c1nc(Cl)nc(Cl)n1. The van der Waals surface area contributed by atoms with Crippen LogP contribution in [-0.2, 0) is 4.79 Å². The summed E-state index contributed by atoms with van der Waals surface area (Å²) in [6, 6.07) is 0. The van der Waals surface area contributed by atoms with E-state index < -0.39 is 11.5 Å². The predicted molar refractivity (Wildman–Crippen MR) is 64.6 cm³/mol. The number of nitrogens with zero attached hydrogens (tertiary/aromatic N) is 4. The maximum Gasteiger partial charge on any atom is 0.323 e. The van der Waals surface area contributed by atoms with E-state index in [1.807, 2.05) is 20.8 Å². The highest BCUT2D eigenvalue weighted by molar-refractivity contribution is 6.31. The second-order valence-corrected chi connectivity index (χ2v) is 5.00. The van der Waals surface area contributed by atoms with Crippen molar-refractivity contribution in [3.05, 3.63) is 10.6 Å². The molecule has 94 valence electrons. The summed E-state index contributed by atoms with van der Waals surface area (Å²) in [4.78, 5) is 23.7. The molecule has 0 aromatic carbocycles. The van der Waals surface area contributed by atoms with Crippen molar-refractivity contribution in [1.29, 1.82) is 0 Å². The van der Waals surface area contributed by atoms with Crippen LogP contribution in [0.4, 0.5) is 5.95 Å². The highest BCUT2D eigenvalue weighted by Gasteiger charge is 2.27. The Morgan fingerprint density at radius 1 is 1.24 bits per heavy atom. The molecule has 0 bridgehead atoms. The zero-order valence-electron chi connectivity index (χ0n) is 9.61. The van der Waals surface area contributed by atoms with Crippen molar-refractivity contribution < 1.29 is 9.90 Å². The molecule has 17 heavy (non-hydrogen) atoms. The van der Waals surface area contributed by atoms with Crippen LogP contribution in [0.2, 0.25) is 10.6 Å². The average Bonchev–Trinajstić information content (AvgIpc) is 2.10. The Kier molecular flexibility index (Phi) is 4.11. The van der Waals surface area contributed by atoms with Gasteiger partial charge in [-0.2, -0.15) is 15.0 Å². The van der Waals surface area contributed by atoms with Gasteiger partial charge in [-0.05, 0) is 44.0 Å². The van der Waals surface area contributed by atoms with E-state index in [4.69, 9.17) is 28.3 Å². The monoisotopic (exact) mass is 278 g/mol. The molecule has 1 aromatic heterocycles. The summed E-state index contributed by atoms with van der Waals surface area (Å²) in [5.41, 5.74) is -0.480. The van der Waals surface area contributed by atoms with Gasteiger partial charge in [0, 0.05) is 5.54 Å². The van der Waals surface area contributed by atoms with Gasteiger partial charge in [0.25, 0.3) is 0 Å². The summed E-state index contributed by atoms with van der Waals surface area (Å²) in [5.74, 6) is -0.850. The van der Waals surface area contributed by atoms with E-state index in [0.717, 1.165) is 0 Å². The smallest absolute Gasteiger partial charge is 0.323 e. The van der Waals surface area contributed by atoms with Crippen LogP contribution >= 0.6 is 23.2 Å². The summed E-state index contributed by atoms with van der Waals surface area (Å²) in [7, 11) is 0. The topological polar surface area (TPSA) is 79.2 Å². The summed E-state index contributed by atoms with van der Waals surface area (Å²) in [6.45, 7) is 5.25. The number of aliphatic carboxylic acids is 1. The Hall–Kier alpha value is -1.14. The lowest BCUT2D eigenvalue weighted by Gasteiger charge is -2.34. The Morgan fingerprint density at radius 3 is 2.06 bits per heavy atom. The molecule has 0 fully saturated rings. The quantitative estimate of drug-likeness (QED) is 0.909. The van der Waals surface area contributed by atoms with Crippen molar-refractivity contribution in [3.8, 4) is 0 Å². The van der Waals surface area contributed by atoms with Crippen LogP contribution in [0.1, 0.15) is 20.8 Å². The summed E-state index contributed by atoms with van der Waals surface area (Å²) in [5, 5.41) is 8.73. The number of hydrogen-bond acceptors (Lipinski definition) is 5. The number of aromatic nitrogens is 3. The maximum absolute atomic E-state index is 10.8. The first-order chi connectivity index (χ1) is 7.70. The first kappa shape index (κ1) is 13.9. The Morgan fingerprint density at radius 2 is 1.71 bits per heavy atom. The van der Waals surface area contributed by atoms with Gasteiger partial charge in [-0.1, -0.05) is 0 Å². The van der Waals surface area contributed by atoms with E-state index in [1.54, 1.807) is 0 Å². The highest BCUT2D eigenvalue weighted by Crippen LogP contribution is 2.21. The molecule has 0 saturated carbocycles. The van der Waals surface area contributed by atoms with Gasteiger partial charge in [0.1, 0.15) is 6.54 Å². The molecule has 6 nitrogen and oxygen atoms in total. The van der Waals surface area contributed by atoms with Gasteiger partial charge < -0.3 is 10.0 Å². The number of carboxylic acid groups (broad SMARTS) is 1. The Balaban J connectivity index is 3.17. The largest absolute Gasteiger partial charge is 0.480 e. The van der Waals surface area contributed by atoms with Gasteiger partial charge in [0.2, 0.25) is 16.5 Å². The molecular formula is C9H12Cl2N4O2. The third-order valence-corrected chi connectivity index (χ3v) is 2.25. The molecule has 1 heterocycles. The van der Waals surface area contributed by atoms with Crippen LogP contribution in [-0.4, -0.2) is 38.1 Å². The maximum atomic E-state index is 10.8. The number of anilines is 1. The third kappa shape index (κ3) is 3.98. The fraction of sp³-hybridized carbons (Fsp3) is 0.556. The number of hydrogen-bond donors (Lipinski definition) is 1. The van der Waals surface area contributed by atoms with Crippen LogP contribution < -0.4 is 4.90 Å². The fourth-order valence-corrected chi connectivity index (χ4v) is 1.53. The van der Waals surface area contributed by atoms with Crippen LogP contribution in [0.25, 0.3) is 0 Å². The lowest BCUT2D eigenvalue weighted by atomic mass is 10.1. The molecule has 0 aliphatic carbocycles. The molecule has 1 rings (SSSR count). The minimum absolute atomic E-state index is 0.0698. The average molecular weight is 279 g/mol. The van der Waals surface area contributed by atoms with E-state index in [9.17, 15) is 4.79 Å². The molecule has 0 spiro atoms. The Bertz CT molecular complexity index is 413. The van der Waals surface area contributed by atoms with Crippen LogP contribution in [0.15, 0.2) is 0 Å². The first-order valence-electron chi connectivity index (χ1n) is 4.76. The normalized spacial score (nSPS) is 11.4. The van der Waals surface area contributed by atoms with Crippen molar-refractivity contribution in [1.82, 2.24) is 15.0 Å². The minimum Gasteiger partial charge on any atom is -0.480 e. The first-order valence-corrected chi connectivity index (χ1v) is 5.52. The Labute approximate surface area is 109 Å². The standard InChI is InChI=1S/C9H12Cl2N4O2/c1-9(2,3)15(4-5(16)17)8-13-6(10)12-7(11)14-8/h4H2,1-3H3,(H,16,17). The molecule has 0 saturated heterocycles. The highest BCUT2D eigenvalue weighted by atomic mass is 35.5. The zero-order chi connectivity index (χ0) is 13.2. The van der Waals surface area contributed by atoms with Crippen LogP contribution in [0.3, 0.4) is 0 Å². The molecule has 0 atom stereocenters. The third-order valence-electron chi connectivity index (χ3n) is 1.91. The van der Waals surface area contributed by atoms with E-state index in [0.29, 0.717) is 0 Å². The second-order valence-electron chi connectivity index (χ2n) is 4.32. The predicted octanol–water partition coefficient (Wildman–Crippen LogP) is 1.87. The number of rotatable bonds is 3. The van der Waals surface area contributed by atoms with Gasteiger partial charge >= 0.3 is 5.97 Å². The second kappa shape index (κ2) is 5.01. The summed E-state index contributed by atoms with van der Waals surface area (Å²) < 4.78 is 0. The molecule has 0 unspecified atom stereocenters. The molecule has 0 radical (unpaired) electrons. The molecule has 0 aliphatic heterocycles. The number of halogens is 2. The van der Waals surface area contributed by atoms with Gasteiger partial charge in [-0.15, -0.1) is 0 Å². The van der Waals surface area contributed by atoms with E-state index in [1.165, 1.54) is 4.90 Å². The van der Waals surface area contributed by atoms with Gasteiger partial charge in [0.15, 0.2) is 0 Å². The van der Waals surface area contributed by atoms with Crippen LogP contribution in [0, 0.1) is 0 Å². The van der Waals surface area contributed by atoms with Crippen LogP contribution in [0.5, 0.6) is 0 Å². The number of carbonyl (C=O) groups is 1. The summed E-state index contributed by atoms with van der Waals surface area (Å²) >= 11 is 11.3. The molecule has 0 aliphatic rings. The van der Waals surface area contributed by atoms with E-state index in [2.05, 4.69) is 15.0 Å². The molecule has 1 aromatic rings. The number of carboxylic acids is 1. The van der Waals surface area contributed by atoms with E-state index in [-0.39, 0.29) is 23.1 Å². The molecular weight excluding hydrogens is 267 g/mol. The zero-order valence-corrected chi connectivity index (χ0v) is 11.1.